The van der Waals surface area contributed by atoms with E-state index in [4.69, 9.17) is 0 Å². The van der Waals surface area contributed by atoms with Crippen LogP contribution in [0.2, 0.25) is 0 Å². The summed E-state index contributed by atoms with van der Waals surface area (Å²) < 4.78 is -0.0311. The molecule has 0 aliphatic heterocycles. The summed E-state index contributed by atoms with van der Waals surface area (Å²) in [6.07, 6.45) is 8.99. The van der Waals surface area contributed by atoms with Crippen LogP contribution in [-0.2, 0) is 0 Å². The molecule has 1 aliphatic carbocycles. The predicted molar refractivity (Wildman–Crippen MR) is 80.1 cm³/mol. The number of likely N-dealkylation sites (N-methyl/N-ethyl adjacent to an activating group) is 1. The van der Waals surface area contributed by atoms with E-state index in [-0.39, 0.29) is 22.1 Å². The van der Waals surface area contributed by atoms with E-state index in [1.54, 1.807) is 0 Å². The Bertz CT molecular complexity index is 297. The van der Waals surface area contributed by atoms with Gasteiger partial charge in [0, 0.05) is 16.8 Å². The number of carbonyl (C=O) groups is 1. The number of hydrogen-bond donors (Lipinski definition) is 2. The van der Waals surface area contributed by atoms with Gasteiger partial charge in [0.15, 0.2) is 0 Å². The first-order valence-corrected chi connectivity index (χ1v) is 7.57. The highest BCUT2D eigenvalue weighted by molar-refractivity contribution is 8.14. The molecular formula is C14H26N2OS. The van der Waals surface area contributed by atoms with Crippen LogP contribution < -0.4 is 10.6 Å². The fraction of sp³-hybridized carbons (Fsp3) is 0.786. The lowest BCUT2D eigenvalue weighted by atomic mass is 9.97. The fourth-order valence-corrected chi connectivity index (χ4v) is 2.87. The van der Waals surface area contributed by atoms with Crippen LogP contribution in [0.4, 0.5) is 4.79 Å². The third kappa shape index (κ3) is 5.91. The predicted octanol–water partition coefficient (Wildman–Crippen LogP) is 3.31. The van der Waals surface area contributed by atoms with Crippen LogP contribution in [0, 0.1) is 0 Å². The van der Waals surface area contributed by atoms with Gasteiger partial charge < -0.3 is 10.6 Å². The summed E-state index contributed by atoms with van der Waals surface area (Å²) in [6.45, 7) is 6.18. The first-order valence-electron chi connectivity index (χ1n) is 6.76. The summed E-state index contributed by atoms with van der Waals surface area (Å²) in [5.74, 6) is 0. The van der Waals surface area contributed by atoms with E-state index in [0.717, 1.165) is 12.8 Å². The van der Waals surface area contributed by atoms with Crippen molar-refractivity contribution in [3.63, 3.8) is 0 Å². The van der Waals surface area contributed by atoms with Crippen molar-refractivity contribution in [2.45, 2.75) is 63.3 Å². The summed E-state index contributed by atoms with van der Waals surface area (Å²) in [7, 11) is 1.95. The minimum absolute atomic E-state index is 0.0311. The average molecular weight is 270 g/mol. The molecule has 104 valence electrons. The molecule has 0 saturated heterocycles. The molecule has 1 amide bonds. The highest BCUT2D eigenvalue weighted by atomic mass is 32.2. The van der Waals surface area contributed by atoms with E-state index in [9.17, 15) is 4.79 Å². The van der Waals surface area contributed by atoms with E-state index in [2.05, 4.69) is 43.6 Å². The van der Waals surface area contributed by atoms with Crippen LogP contribution in [0.1, 0.15) is 46.5 Å². The molecule has 3 nitrogen and oxygen atoms in total. The smallest absolute Gasteiger partial charge is 0.279 e. The van der Waals surface area contributed by atoms with Crippen molar-refractivity contribution < 1.29 is 4.79 Å². The summed E-state index contributed by atoms with van der Waals surface area (Å²) in [6, 6.07) is 0.448. The zero-order chi connectivity index (χ0) is 13.6. The second kappa shape index (κ2) is 7.19. The summed E-state index contributed by atoms with van der Waals surface area (Å²) >= 11 is 1.37. The molecule has 1 aliphatic rings. The molecular weight excluding hydrogens is 244 g/mol. The molecule has 0 saturated carbocycles. The maximum atomic E-state index is 12.0. The zero-order valence-corrected chi connectivity index (χ0v) is 12.8. The summed E-state index contributed by atoms with van der Waals surface area (Å²) in [5, 5.41) is 6.52. The number of allylic oxidation sites excluding steroid dienone is 1. The SMILES string of the molecule is CN[C@@H]1/C=C/CCCC[C@H]1NC(=O)SC(C)(C)C. The summed E-state index contributed by atoms with van der Waals surface area (Å²) in [5.41, 5.74) is 0. The minimum Gasteiger partial charge on any atom is -0.342 e. The molecule has 0 unspecified atom stereocenters. The van der Waals surface area contributed by atoms with Gasteiger partial charge in [0.1, 0.15) is 0 Å². The monoisotopic (exact) mass is 270 g/mol. The molecule has 0 fully saturated rings. The van der Waals surface area contributed by atoms with Gasteiger partial charge in [0.2, 0.25) is 0 Å². The number of carbonyl (C=O) groups excluding carboxylic acids is 1. The van der Waals surface area contributed by atoms with Crippen LogP contribution in [0.15, 0.2) is 12.2 Å². The molecule has 0 spiro atoms. The lowest BCUT2D eigenvalue weighted by Crippen LogP contribution is -2.47. The van der Waals surface area contributed by atoms with Gasteiger partial charge in [-0.2, -0.15) is 0 Å². The summed E-state index contributed by atoms with van der Waals surface area (Å²) in [4.78, 5) is 12.0. The van der Waals surface area contributed by atoms with Crippen molar-refractivity contribution in [1.29, 1.82) is 0 Å². The largest absolute Gasteiger partial charge is 0.342 e. The van der Waals surface area contributed by atoms with Gasteiger partial charge in [0.05, 0.1) is 0 Å². The Balaban J connectivity index is 2.58. The standard InChI is InChI=1S/C14H26N2OS/c1-14(2,3)18-13(17)16-12-10-8-6-5-7-9-11(12)15-4/h7,9,11-12,15H,5-6,8,10H2,1-4H3,(H,16,17)/b9-7+/t11-,12-/m1/s1. The van der Waals surface area contributed by atoms with E-state index < -0.39 is 0 Å². The highest BCUT2D eigenvalue weighted by Gasteiger charge is 2.23. The molecule has 0 bridgehead atoms. The zero-order valence-electron chi connectivity index (χ0n) is 12.0. The van der Waals surface area contributed by atoms with Crippen LogP contribution in [0.25, 0.3) is 0 Å². The van der Waals surface area contributed by atoms with Gasteiger partial charge in [-0.15, -0.1) is 0 Å². The number of amides is 1. The number of hydrogen-bond acceptors (Lipinski definition) is 3. The van der Waals surface area contributed by atoms with Crippen molar-refractivity contribution >= 4 is 17.0 Å². The van der Waals surface area contributed by atoms with Gasteiger partial charge in [-0.05, 0) is 26.3 Å². The Hall–Kier alpha value is -0.480. The lowest BCUT2D eigenvalue weighted by Gasteiger charge is -2.28. The van der Waals surface area contributed by atoms with Crippen LogP contribution in [0.5, 0.6) is 0 Å². The van der Waals surface area contributed by atoms with Gasteiger partial charge in [0.25, 0.3) is 5.24 Å². The maximum Gasteiger partial charge on any atom is 0.279 e. The fourth-order valence-electron chi connectivity index (χ4n) is 2.10. The Kier molecular flexibility index (Phi) is 6.22. The van der Waals surface area contributed by atoms with E-state index in [0.29, 0.717) is 0 Å². The van der Waals surface area contributed by atoms with E-state index in [1.807, 2.05) is 7.05 Å². The molecule has 0 radical (unpaired) electrons. The van der Waals surface area contributed by atoms with E-state index >= 15 is 0 Å². The molecule has 0 aromatic rings. The normalized spacial score (nSPS) is 27.1. The van der Waals surface area contributed by atoms with Crippen LogP contribution >= 0.6 is 11.8 Å². The molecule has 2 N–H and O–H groups in total. The molecule has 0 heterocycles. The van der Waals surface area contributed by atoms with Gasteiger partial charge in [-0.1, -0.05) is 51.1 Å². The molecule has 18 heavy (non-hydrogen) atoms. The van der Waals surface area contributed by atoms with Crippen molar-refractivity contribution in [3.8, 4) is 0 Å². The number of nitrogens with one attached hydrogen (secondary N) is 2. The van der Waals surface area contributed by atoms with Crippen LogP contribution in [0.3, 0.4) is 0 Å². The topological polar surface area (TPSA) is 41.1 Å². The molecule has 2 atom stereocenters. The first kappa shape index (κ1) is 15.6. The average Bonchev–Trinajstić information content (AvgIpc) is 2.20. The Morgan fingerprint density at radius 2 is 2.06 bits per heavy atom. The van der Waals surface area contributed by atoms with Crippen molar-refractivity contribution in [1.82, 2.24) is 10.6 Å². The highest BCUT2D eigenvalue weighted by Crippen LogP contribution is 2.24. The number of thioether (sulfide) groups is 1. The van der Waals surface area contributed by atoms with Crippen molar-refractivity contribution in [2.75, 3.05) is 7.05 Å². The molecule has 1 rings (SSSR count). The Morgan fingerprint density at radius 1 is 1.33 bits per heavy atom. The van der Waals surface area contributed by atoms with Gasteiger partial charge in [-0.25, -0.2) is 0 Å². The third-order valence-corrected chi connectivity index (χ3v) is 3.86. The Labute approximate surface area is 115 Å². The third-order valence-electron chi connectivity index (χ3n) is 2.95. The van der Waals surface area contributed by atoms with Crippen LogP contribution in [-0.4, -0.2) is 29.1 Å². The lowest BCUT2D eigenvalue weighted by molar-refractivity contribution is 0.253. The second-order valence-electron chi connectivity index (χ2n) is 5.78. The van der Waals surface area contributed by atoms with Gasteiger partial charge >= 0.3 is 0 Å². The van der Waals surface area contributed by atoms with Crippen molar-refractivity contribution in [2.24, 2.45) is 0 Å². The van der Waals surface area contributed by atoms with Gasteiger partial charge in [-0.3, -0.25) is 4.79 Å². The first-order chi connectivity index (χ1) is 8.42. The van der Waals surface area contributed by atoms with E-state index in [1.165, 1.54) is 24.6 Å². The second-order valence-corrected chi connectivity index (χ2v) is 7.58. The quantitative estimate of drug-likeness (QED) is 0.756. The molecule has 0 aromatic heterocycles. The maximum absolute atomic E-state index is 12.0. The van der Waals surface area contributed by atoms with Crippen molar-refractivity contribution in [3.05, 3.63) is 12.2 Å². The minimum atomic E-state index is -0.0311. The molecule has 0 aromatic carbocycles. The Morgan fingerprint density at radius 3 is 2.67 bits per heavy atom. The molecule has 4 heteroatoms. The number of rotatable bonds is 2.